The molecule has 1 nitrogen and oxygen atoms in total. The number of nitrogens with one attached hydrogen (secondary N) is 1. The molecule has 0 unspecified atom stereocenters. The second kappa shape index (κ2) is 6.34. The number of thioether (sulfide) groups is 1. The smallest absolute Gasteiger partial charge is 0.381 e. The van der Waals surface area contributed by atoms with Gasteiger partial charge in [0.2, 0.25) is 0 Å². The molecule has 0 atom stereocenters. The van der Waals surface area contributed by atoms with Gasteiger partial charge >= 0.3 is 5.51 Å². The number of benzene rings is 2. The summed E-state index contributed by atoms with van der Waals surface area (Å²) in [5, 5.41) is 2.80. The molecule has 7 heteroatoms. The van der Waals surface area contributed by atoms with E-state index in [0.717, 1.165) is 18.2 Å². The maximum Gasteiger partial charge on any atom is 0.446 e. The van der Waals surface area contributed by atoms with Crippen LogP contribution < -0.4 is 5.32 Å². The predicted octanol–water partition coefficient (Wildman–Crippen LogP) is 5.19. The first-order chi connectivity index (χ1) is 9.82. The molecule has 112 valence electrons. The lowest BCUT2D eigenvalue weighted by Gasteiger charge is -2.09. The zero-order valence-electron chi connectivity index (χ0n) is 10.5. The van der Waals surface area contributed by atoms with E-state index >= 15 is 0 Å². The van der Waals surface area contributed by atoms with Gasteiger partial charge < -0.3 is 5.32 Å². The van der Waals surface area contributed by atoms with Crippen molar-refractivity contribution >= 4 is 17.4 Å². The number of halogens is 5. The van der Waals surface area contributed by atoms with Crippen LogP contribution in [0.5, 0.6) is 0 Å². The molecule has 0 aromatic heterocycles. The third-order valence-electron chi connectivity index (χ3n) is 2.52. The van der Waals surface area contributed by atoms with E-state index in [0.29, 0.717) is 5.56 Å². The SMILES string of the molecule is Fc1cc(F)cc(NCc2ccc(SC(F)(F)F)cc2)c1. The number of rotatable bonds is 4. The third kappa shape index (κ3) is 5.26. The first kappa shape index (κ1) is 15.6. The summed E-state index contributed by atoms with van der Waals surface area (Å²) < 4.78 is 62.4. The Morgan fingerprint density at radius 2 is 1.48 bits per heavy atom. The minimum absolute atomic E-state index is 0.0862. The van der Waals surface area contributed by atoms with Gasteiger partial charge in [0.1, 0.15) is 11.6 Å². The van der Waals surface area contributed by atoms with E-state index in [1.54, 1.807) is 0 Å². The zero-order chi connectivity index (χ0) is 15.5. The number of alkyl halides is 3. The van der Waals surface area contributed by atoms with Crippen molar-refractivity contribution in [2.45, 2.75) is 16.9 Å². The molecule has 2 aromatic carbocycles. The Hall–Kier alpha value is -1.76. The van der Waals surface area contributed by atoms with E-state index < -0.39 is 17.1 Å². The maximum atomic E-state index is 13.0. The minimum atomic E-state index is -4.32. The monoisotopic (exact) mass is 319 g/mol. The molecular formula is C14H10F5NS. The Balaban J connectivity index is 1.97. The van der Waals surface area contributed by atoms with E-state index in [9.17, 15) is 22.0 Å². The van der Waals surface area contributed by atoms with Crippen LogP contribution >= 0.6 is 11.8 Å². The lowest BCUT2D eigenvalue weighted by atomic mass is 10.2. The Morgan fingerprint density at radius 3 is 2.00 bits per heavy atom. The molecule has 0 saturated heterocycles. The van der Waals surface area contributed by atoms with Crippen LogP contribution in [0.4, 0.5) is 27.6 Å². The van der Waals surface area contributed by atoms with Crippen LogP contribution in [0.1, 0.15) is 5.56 Å². The largest absolute Gasteiger partial charge is 0.446 e. The molecular weight excluding hydrogens is 309 g/mol. The highest BCUT2D eigenvalue weighted by atomic mass is 32.2. The van der Waals surface area contributed by atoms with Crippen molar-refractivity contribution in [3.63, 3.8) is 0 Å². The topological polar surface area (TPSA) is 12.0 Å². The molecule has 0 amide bonds. The standard InChI is InChI=1S/C14H10F5NS/c15-10-5-11(16)7-12(6-10)20-8-9-1-3-13(4-2-9)21-14(17,18)19/h1-7,20H,8H2. The van der Waals surface area contributed by atoms with Crippen molar-refractivity contribution < 1.29 is 22.0 Å². The van der Waals surface area contributed by atoms with Gasteiger partial charge in [0.15, 0.2) is 0 Å². The zero-order valence-corrected chi connectivity index (χ0v) is 11.4. The van der Waals surface area contributed by atoms with E-state index in [-0.39, 0.29) is 28.9 Å². The highest BCUT2D eigenvalue weighted by Crippen LogP contribution is 2.36. The maximum absolute atomic E-state index is 13.0. The van der Waals surface area contributed by atoms with Gasteiger partial charge in [-0.15, -0.1) is 0 Å². The van der Waals surface area contributed by atoms with Gasteiger partial charge in [0.05, 0.1) is 0 Å². The van der Waals surface area contributed by atoms with Crippen molar-refractivity contribution in [3.05, 3.63) is 59.7 Å². The van der Waals surface area contributed by atoms with Gasteiger partial charge in [-0.1, -0.05) is 12.1 Å². The normalized spacial score (nSPS) is 11.5. The van der Waals surface area contributed by atoms with Crippen molar-refractivity contribution in [3.8, 4) is 0 Å². The van der Waals surface area contributed by atoms with Crippen LogP contribution in [-0.4, -0.2) is 5.51 Å². The van der Waals surface area contributed by atoms with Gasteiger partial charge in [-0.2, -0.15) is 13.2 Å². The van der Waals surface area contributed by atoms with Crippen LogP contribution in [0.15, 0.2) is 47.4 Å². The van der Waals surface area contributed by atoms with Gasteiger partial charge in [0, 0.05) is 23.2 Å². The predicted molar refractivity (Wildman–Crippen MR) is 72.0 cm³/mol. The van der Waals surface area contributed by atoms with Crippen molar-refractivity contribution in [2.24, 2.45) is 0 Å². The highest BCUT2D eigenvalue weighted by molar-refractivity contribution is 8.00. The molecule has 1 N–H and O–H groups in total. The lowest BCUT2D eigenvalue weighted by Crippen LogP contribution is -2.01. The molecule has 0 fully saturated rings. The van der Waals surface area contributed by atoms with Crippen LogP contribution in [0.3, 0.4) is 0 Å². The first-order valence-corrected chi connectivity index (χ1v) is 6.68. The van der Waals surface area contributed by atoms with Crippen molar-refractivity contribution in [2.75, 3.05) is 5.32 Å². The number of hydrogen-bond donors (Lipinski definition) is 1. The lowest BCUT2D eigenvalue weighted by molar-refractivity contribution is -0.0328. The summed E-state index contributed by atoms with van der Waals surface area (Å²) in [6.07, 6.45) is 0. The quantitative estimate of drug-likeness (QED) is 0.615. The molecule has 0 radical (unpaired) electrons. The molecule has 0 bridgehead atoms. The Bertz CT molecular complexity index is 590. The van der Waals surface area contributed by atoms with Crippen LogP contribution in [0.2, 0.25) is 0 Å². The molecule has 2 rings (SSSR count). The summed E-state index contributed by atoms with van der Waals surface area (Å²) in [5.41, 5.74) is -3.36. The molecule has 0 heterocycles. The first-order valence-electron chi connectivity index (χ1n) is 5.86. The summed E-state index contributed by atoms with van der Waals surface area (Å²) in [6, 6.07) is 8.78. The molecule has 0 spiro atoms. The average Bonchev–Trinajstić information content (AvgIpc) is 2.35. The van der Waals surface area contributed by atoms with Gasteiger partial charge in [-0.05, 0) is 41.6 Å². The molecule has 21 heavy (non-hydrogen) atoms. The van der Waals surface area contributed by atoms with Gasteiger partial charge in [0.25, 0.3) is 0 Å². The fourth-order valence-corrected chi connectivity index (χ4v) is 2.21. The van der Waals surface area contributed by atoms with Gasteiger partial charge in [-0.25, -0.2) is 8.78 Å². The molecule has 0 aliphatic rings. The second-order valence-corrected chi connectivity index (χ2v) is 5.34. The van der Waals surface area contributed by atoms with E-state index in [1.807, 2.05) is 0 Å². The van der Waals surface area contributed by atoms with E-state index in [4.69, 9.17) is 0 Å². The summed E-state index contributed by atoms with van der Waals surface area (Å²) >= 11 is -0.192. The second-order valence-electron chi connectivity index (χ2n) is 4.20. The van der Waals surface area contributed by atoms with E-state index in [2.05, 4.69) is 5.32 Å². The van der Waals surface area contributed by atoms with E-state index in [1.165, 1.54) is 24.3 Å². The number of anilines is 1. The van der Waals surface area contributed by atoms with Gasteiger partial charge in [-0.3, -0.25) is 0 Å². The summed E-state index contributed by atoms with van der Waals surface area (Å²) in [6.45, 7) is 0.250. The Labute approximate surface area is 122 Å². The summed E-state index contributed by atoms with van der Waals surface area (Å²) in [5.74, 6) is -1.40. The fourth-order valence-electron chi connectivity index (χ4n) is 1.67. The average molecular weight is 319 g/mol. The Kier molecular flexibility index (Phi) is 4.72. The minimum Gasteiger partial charge on any atom is -0.381 e. The molecule has 0 aliphatic heterocycles. The highest BCUT2D eigenvalue weighted by Gasteiger charge is 2.28. The van der Waals surface area contributed by atoms with Crippen LogP contribution in [-0.2, 0) is 6.54 Å². The van der Waals surface area contributed by atoms with Crippen LogP contribution in [0.25, 0.3) is 0 Å². The number of hydrogen-bond acceptors (Lipinski definition) is 2. The molecule has 0 aliphatic carbocycles. The van der Waals surface area contributed by atoms with Crippen molar-refractivity contribution in [1.29, 1.82) is 0 Å². The summed E-state index contributed by atoms with van der Waals surface area (Å²) in [7, 11) is 0. The molecule has 0 saturated carbocycles. The van der Waals surface area contributed by atoms with Crippen molar-refractivity contribution in [1.82, 2.24) is 0 Å². The molecule has 2 aromatic rings. The summed E-state index contributed by atoms with van der Waals surface area (Å²) in [4.78, 5) is 0.0862. The fraction of sp³-hybridized carbons (Fsp3) is 0.143. The third-order valence-corrected chi connectivity index (χ3v) is 3.26. The van der Waals surface area contributed by atoms with Crippen LogP contribution in [0, 0.1) is 11.6 Å². The Morgan fingerprint density at radius 1 is 0.905 bits per heavy atom.